The van der Waals surface area contributed by atoms with Crippen molar-refractivity contribution in [1.82, 2.24) is 4.98 Å². The number of aromatic carboxylic acids is 1. The van der Waals surface area contributed by atoms with E-state index in [0.717, 1.165) is 4.47 Å². The monoisotopic (exact) mass is 476 g/mol. The van der Waals surface area contributed by atoms with Crippen LogP contribution >= 0.6 is 47.8 Å². The molecule has 0 fully saturated rings. The molecule has 0 spiro atoms. The van der Waals surface area contributed by atoms with Crippen molar-refractivity contribution in [1.29, 1.82) is 0 Å². The van der Waals surface area contributed by atoms with Gasteiger partial charge in [-0.25, -0.2) is 9.78 Å². The van der Waals surface area contributed by atoms with Gasteiger partial charge >= 0.3 is 5.97 Å². The number of nitrogens with one attached hydrogen (secondary N) is 1. The van der Waals surface area contributed by atoms with Gasteiger partial charge in [0.25, 0.3) is 5.91 Å². The summed E-state index contributed by atoms with van der Waals surface area (Å²) >= 11 is 10.0. The van der Waals surface area contributed by atoms with Crippen molar-refractivity contribution in [2.45, 2.75) is 0 Å². The Kier molecular flexibility index (Phi) is 5.13. The molecule has 1 aromatic heterocycles. The molecule has 1 heterocycles. The number of carboxylic acids is 1. The van der Waals surface area contributed by atoms with Gasteiger partial charge in [-0.15, -0.1) is 0 Å². The summed E-state index contributed by atoms with van der Waals surface area (Å²) in [6, 6.07) is 7.80. The van der Waals surface area contributed by atoms with E-state index in [9.17, 15) is 9.59 Å². The Balaban J connectivity index is 2.30. The Hall–Kier alpha value is -1.25. The van der Waals surface area contributed by atoms with Gasteiger partial charge in [-0.1, -0.05) is 22.0 Å². The molecule has 5 nitrogen and oxygen atoms in total. The van der Waals surface area contributed by atoms with Gasteiger partial charge in [0, 0.05) is 13.4 Å². The van der Waals surface area contributed by atoms with E-state index in [-0.39, 0.29) is 11.4 Å². The molecule has 108 valence electrons. The first-order valence-corrected chi connectivity index (χ1v) is 7.92. The molecule has 0 bridgehead atoms. The lowest BCUT2D eigenvalue weighted by Crippen LogP contribution is -2.16. The highest BCUT2D eigenvalue weighted by Crippen LogP contribution is 2.34. The van der Waals surface area contributed by atoms with Gasteiger partial charge < -0.3 is 10.4 Å². The molecular weight excluding hydrogens is 472 g/mol. The Morgan fingerprint density at radius 2 is 1.62 bits per heavy atom. The van der Waals surface area contributed by atoms with Crippen molar-refractivity contribution in [3.63, 3.8) is 0 Å². The SMILES string of the molecule is O=C(O)c1cccc(C(=O)Nc2c(Br)cc(Br)cc2Br)n1. The van der Waals surface area contributed by atoms with E-state index in [4.69, 9.17) is 5.11 Å². The second-order valence-corrected chi connectivity index (χ2v) is 6.54. The molecular formula is C13H7Br3N2O3. The highest BCUT2D eigenvalue weighted by molar-refractivity contribution is 9.11. The van der Waals surface area contributed by atoms with Crippen LogP contribution in [0.3, 0.4) is 0 Å². The number of hydrogen-bond donors (Lipinski definition) is 2. The van der Waals surface area contributed by atoms with E-state index in [1.54, 1.807) is 12.1 Å². The fourth-order valence-corrected chi connectivity index (χ4v) is 3.98. The van der Waals surface area contributed by atoms with E-state index in [0.29, 0.717) is 14.6 Å². The molecule has 0 saturated heterocycles. The summed E-state index contributed by atoms with van der Waals surface area (Å²) in [6.07, 6.45) is 0. The highest BCUT2D eigenvalue weighted by Gasteiger charge is 2.15. The molecule has 2 N–H and O–H groups in total. The van der Waals surface area contributed by atoms with E-state index in [1.165, 1.54) is 18.2 Å². The number of rotatable bonds is 3. The molecule has 0 atom stereocenters. The van der Waals surface area contributed by atoms with E-state index >= 15 is 0 Å². The fourth-order valence-electron chi connectivity index (χ4n) is 1.52. The number of amides is 1. The minimum Gasteiger partial charge on any atom is -0.477 e. The Morgan fingerprint density at radius 3 is 2.19 bits per heavy atom. The number of aromatic nitrogens is 1. The minimum atomic E-state index is -1.18. The fraction of sp³-hybridized carbons (Fsp3) is 0. The maximum absolute atomic E-state index is 12.2. The number of anilines is 1. The predicted octanol–water partition coefficient (Wildman–Crippen LogP) is 4.32. The van der Waals surface area contributed by atoms with Crippen LogP contribution in [0.2, 0.25) is 0 Å². The van der Waals surface area contributed by atoms with Gasteiger partial charge in [0.2, 0.25) is 0 Å². The molecule has 1 amide bonds. The van der Waals surface area contributed by atoms with E-state index in [2.05, 4.69) is 58.1 Å². The van der Waals surface area contributed by atoms with Crippen molar-refractivity contribution in [2.75, 3.05) is 5.32 Å². The first-order chi connectivity index (χ1) is 9.88. The molecule has 2 rings (SSSR count). The summed E-state index contributed by atoms with van der Waals surface area (Å²) in [4.78, 5) is 26.8. The van der Waals surface area contributed by atoms with Crippen LogP contribution in [0.4, 0.5) is 5.69 Å². The number of carboxylic acid groups (broad SMARTS) is 1. The van der Waals surface area contributed by atoms with Crippen LogP contribution in [0.1, 0.15) is 21.0 Å². The molecule has 21 heavy (non-hydrogen) atoms. The molecule has 0 aliphatic heterocycles. The van der Waals surface area contributed by atoms with Gasteiger partial charge in [-0.3, -0.25) is 4.79 Å². The number of benzene rings is 1. The van der Waals surface area contributed by atoms with Crippen LogP contribution in [0.15, 0.2) is 43.7 Å². The first kappa shape index (κ1) is 16.1. The molecule has 0 aliphatic rings. The molecule has 2 aromatic rings. The normalized spacial score (nSPS) is 10.2. The number of hydrogen-bond acceptors (Lipinski definition) is 3. The molecule has 0 saturated carbocycles. The van der Waals surface area contributed by atoms with Crippen molar-refractivity contribution in [3.05, 3.63) is 55.1 Å². The van der Waals surface area contributed by atoms with Crippen LogP contribution in [-0.4, -0.2) is 22.0 Å². The average Bonchev–Trinajstić information content (AvgIpc) is 2.42. The Morgan fingerprint density at radius 1 is 1.05 bits per heavy atom. The largest absolute Gasteiger partial charge is 0.477 e. The second-order valence-electron chi connectivity index (χ2n) is 3.91. The Labute approximate surface area is 145 Å². The lowest BCUT2D eigenvalue weighted by molar-refractivity contribution is 0.0690. The maximum atomic E-state index is 12.2. The number of pyridine rings is 1. The van der Waals surface area contributed by atoms with Gasteiger partial charge in [0.05, 0.1) is 5.69 Å². The lowest BCUT2D eigenvalue weighted by atomic mass is 10.2. The van der Waals surface area contributed by atoms with Crippen molar-refractivity contribution >= 4 is 65.4 Å². The van der Waals surface area contributed by atoms with Gasteiger partial charge in [-0.05, 0) is 56.1 Å². The average molecular weight is 479 g/mol. The zero-order chi connectivity index (χ0) is 15.6. The molecule has 0 aliphatic carbocycles. The summed E-state index contributed by atoms with van der Waals surface area (Å²) in [6.45, 7) is 0. The smallest absolute Gasteiger partial charge is 0.354 e. The van der Waals surface area contributed by atoms with Crippen LogP contribution in [0.5, 0.6) is 0 Å². The predicted molar refractivity (Wildman–Crippen MR) is 88.7 cm³/mol. The van der Waals surface area contributed by atoms with Crippen LogP contribution in [0, 0.1) is 0 Å². The first-order valence-electron chi connectivity index (χ1n) is 5.54. The number of halogens is 3. The molecule has 0 radical (unpaired) electrons. The molecule has 8 heteroatoms. The zero-order valence-electron chi connectivity index (χ0n) is 10.2. The van der Waals surface area contributed by atoms with Gasteiger partial charge in [-0.2, -0.15) is 0 Å². The lowest BCUT2D eigenvalue weighted by Gasteiger charge is -2.10. The summed E-state index contributed by atoms with van der Waals surface area (Å²) in [5.74, 6) is -1.68. The quantitative estimate of drug-likeness (QED) is 0.688. The van der Waals surface area contributed by atoms with Crippen molar-refractivity contribution < 1.29 is 14.7 Å². The maximum Gasteiger partial charge on any atom is 0.354 e. The summed E-state index contributed by atoms with van der Waals surface area (Å²) in [5.41, 5.74) is 0.374. The highest BCUT2D eigenvalue weighted by atomic mass is 79.9. The minimum absolute atomic E-state index is 0.0246. The Bertz CT molecular complexity index is 711. The number of nitrogens with zero attached hydrogens (tertiary/aromatic N) is 1. The van der Waals surface area contributed by atoms with Gasteiger partial charge in [0.1, 0.15) is 11.4 Å². The third-order valence-electron chi connectivity index (χ3n) is 2.45. The van der Waals surface area contributed by atoms with Crippen LogP contribution in [0.25, 0.3) is 0 Å². The summed E-state index contributed by atoms with van der Waals surface area (Å²) in [7, 11) is 0. The number of carbonyl (C=O) groups excluding carboxylic acids is 1. The zero-order valence-corrected chi connectivity index (χ0v) is 15.0. The van der Waals surface area contributed by atoms with Crippen LogP contribution < -0.4 is 5.32 Å². The van der Waals surface area contributed by atoms with Gasteiger partial charge in [0.15, 0.2) is 0 Å². The van der Waals surface area contributed by atoms with Crippen molar-refractivity contribution in [3.8, 4) is 0 Å². The van der Waals surface area contributed by atoms with Crippen LogP contribution in [-0.2, 0) is 0 Å². The second kappa shape index (κ2) is 6.67. The third-order valence-corrected chi connectivity index (χ3v) is 4.15. The third kappa shape index (κ3) is 3.90. The van der Waals surface area contributed by atoms with E-state index < -0.39 is 11.9 Å². The van der Waals surface area contributed by atoms with Crippen molar-refractivity contribution in [2.24, 2.45) is 0 Å². The topological polar surface area (TPSA) is 79.3 Å². The summed E-state index contributed by atoms with van der Waals surface area (Å²) in [5, 5.41) is 11.6. The van der Waals surface area contributed by atoms with E-state index in [1.807, 2.05) is 0 Å². The number of carbonyl (C=O) groups is 2. The standard InChI is InChI=1S/C13H7Br3N2O3/c14-6-4-7(15)11(8(16)5-6)18-12(19)9-2-1-3-10(17-9)13(20)21/h1-5H,(H,18,19)(H,20,21). The summed E-state index contributed by atoms with van der Waals surface area (Å²) < 4.78 is 2.18. The molecule has 0 unspecified atom stereocenters. The molecule has 1 aromatic carbocycles.